The maximum Gasteiger partial charge on any atom is 0.191 e. The third-order valence-corrected chi connectivity index (χ3v) is 5.38. The molecule has 0 amide bonds. The van der Waals surface area contributed by atoms with Gasteiger partial charge in [0.2, 0.25) is 0 Å². The summed E-state index contributed by atoms with van der Waals surface area (Å²) in [5.74, 6) is 1.83. The van der Waals surface area contributed by atoms with Gasteiger partial charge in [0.25, 0.3) is 0 Å². The van der Waals surface area contributed by atoms with Gasteiger partial charge in [0.15, 0.2) is 5.96 Å². The minimum Gasteiger partial charge on any atom is -0.357 e. The summed E-state index contributed by atoms with van der Waals surface area (Å²) in [5.41, 5.74) is 5.02. The molecule has 6 heteroatoms. The number of hydrogen-bond acceptors (Lipinski definition) is 2. The van der Waals surface area contributed by atoms with Gasteiger partial charge in [-0.1, -0.05) is 44.2 Å². The van der Waals surface area contributed by atoms with E-state index in [1.165, 1.54) is 16.8 Å². The van der Waals surface area contributed by atoms with Crippen LogP contribution in [0, 0.1) is 19.8 Å². The molecular weight excluding hydrogens is 473 g/mol. The van der Waals surface area contributed by atoms with Gasteiger partial charge in [-0.2, -0.15) is 5.10 Å². The molecular formula is C23H38IN5. The molecule has 2 unspecified atom stereocenters. The number of nitrogens with zero attached hydrogens (tertiary/aromatic N) is 3. The van der Waals surface area contributed by atoms with Crippen molar-refractivity contribution in [2.75, 3.05) is 13.1 Å². The lowest BCUT2D eigenvalue weighted by Gasteiger charge is -2.22. The van der Waals surface area contributed by atoms with E-state index >= 15 is 0 Å². The highest BCUT2D eigenvalue weighted by Gasteiger charge is 2.17. The lowest BCUT2D eigenvalue weighted by Crippen LogP contribution is -2.43. The number of rotatable bonds is 8. The fourth-order valence-corrected chi connectivity index (χ4v) is 3.61. The summed E-state index contributed by atoms with van der Waals surface area (Å²) in [6.45, 7) is 14.7. The van der Waals surface area contributed by atoms with E-state index in [2.05, 4.69) is 87.6 Å². The Bertz CT molecular complexity index is 767. The van der Waals surface area contributed by atoms with Crippen LogP contribution in [-0.2, 0) is 13.5 Å². The van der Waals surface area contributed by atoms with Gasteiger partial charge in [-0.3, -0.25) is 9.67 Å². The van der Waals surface area contributed by atoms with E-state index < -0.39 is 0 Å². The van der Waals surface area contributed by atoms with Gasteiger partial charge in [-0.15, -0.1) is 24.0 Å². The monoisotopic (exact) mass is 511 g/mol. The van der Waals surface area contributed by atoms with Gasteiger partial charge >= 0.3 is 0 Å². The minimum atomic E-state index is 0. The maximum absolute atomic E-state index is 4.92. The van der Waals surface area contributed by atoms with E-state index in [1.807, 2.05) is 11.7 Å². The van der Waals surface area contributed by atoms with E-state index in [9.17, 15) is 0 Å². The standard InChI is InChI=1S/C23H37N5.HI/c1-8-24-23(25-15-22(16(2)3)20-12-10-9-11-13-20)26-17(4)14-21-18(5)27-28(7)19(21)6;/h9-13,16-17,22H,8,14-15H2,1-7H3,(H2,24,25,26);1H. The van der Waals surface area contributed by atoms with Gasteiger partial charge < -0.3 is 10.6 Å². The highest BCUT2D eigenvalue weighted by molar-refractivity contribution is 14.0. The number of aromatic nitrogens is 2. The van der Waals surface area contributed by atoms with Crippen LogP contribution in [0.1, 0.15) is 56.1 Å². The second kappa shape index (κ2) is 12.2. The number of hydrogen-bond donors (Lipinski definition) is 2. The van der Waals surface area contributed by atoms with E-state index in [1.54, 1.807) is 0 Å². The predicted octanol–water partition coefficient (Wildman–Crippen LogP) is 4.58. The first kappa shape index (κ1) is 25.5. The Morgan fingerprint density at radius 2 is 1.79 bits per heavy atom. The van der Waals surface area contributed by atoms with Crippen molar-refractivity contribution in [1.82, 2.24) is 20.4 Å². The van der Waals surface area contributed by atoms with Crippen molar-refractivity contribution in [3.8, 4) is 0 Å². The lowest BCUT2D eigenvalue weighted by molar-refractivity contribution is 0.504. The van der Waals surface area contributed by atoms with Crippen molar-refractivity contribution in [3.63, 3.8) is 0 Å². The highest BCUT2D eigenvalue weighted by Crippen LogP contribution is 2.24. The molecule has 162 valence electrons. The van der Waals surface area contributed by atoms with E-state index in [0.717, 1.165) is 31.2 Å². The third-order valence-electron chi connectivity index (χ3n) is 5.38. The van der Waals surface area contributed by atoms with Gasteiger partial charge in [-0.25, -0.2) is 0 Å². The minimum absolute atomic E-state index is 0. The molecule has 0 spiro atoms. The molecule has 5 nitrogen and oxygen atoms in total. The van der Waals surface area contributed by atoms with Crippen molar-refractivity contribution >= 4 is 29.9 Å². The summed E-state index contributed by atoms with van der Waals surface area (Å²) in [7, 11) is 2.01. The van der Waals surface area contributed by atoms with Crippen LogP contribution < -0.4 is 10.6 Å². The van der Waals surface area contributed by atoms with Gasteiger partial charge in [0.05, 0.1) is 5.69 Å². The Morgan fingerprint density at radius 1 is 1.14 bits per heavy atom. The Kier molecular flexibility index (Phi) is 10.7. The topological polar surface area (TPSA) is 54.2 Å². The average Bonchev–Trinajstić information content (AvgIpc) is 2.88. The van der Waals surface area contributed by atoms with Crippen molar-refractivity contribution in [2.45, 2.75) is 59.9 Å². The first-order valence-corrected chi connectivity index (χ1v) is 10.4. The zero-order valence-electron chi connectivity index (χ0n) is 19.0. The summed E-state index contributed by atoms with van der Waals surface area (Å²) in [5, 5.41) is 11.5. The lowest BCUT2D eigenvalue weighted by atomic mass is 9.88. The van der Waals surface area contributed by atoms with E-state index in [0.29, 0.717) is 11.8 Å². The summed E-state index contributed by atoms with van der Waals surface area (Å²) in [4.78, 5) is 4.92. The number of halogens is 1. The zero-order chi connectivity index (χ0) is 20.7. The van der Waals surface area contributed by atoms with Crippen LogP contribution in [0.2, 0.25) is 0 Å². The highest BCUT2D eigenvalue weighted by atomic mass is 127. The summed E-state index contributed by atoms with van der Waals surface area (Å²) in [6.07, 6.45) is 0.933. The molecule has 2 rings (SSSR count). The maximum atomic E-state index is 4.92. The van der Waals surface area contributed by atoms with Crippen molar-refractivity contribution in [3.05, 3.63) is 52.8 Å². The zero-order valence-corrected chi connectivity index (χ0v) is 21.3. The normalized spacial score (nSPS) is 13.7. The van der Waals surface area contributed by atoms with Crippen molar-refractivity contribution in [2.24, 2.45) is 18.0 Å². The van der Waals surface area contributed by atoms with Crippen LogP contribution in [-0.4, -0.2) is 34.9 Å². The average molecular weight is 511 g/mol. The quantitative estimate of drug-likeness (QED) is 0.310. The Morgan fingerprint density at radius 3 is 2.31 bits per heavy atom. The molecule has 1 aromatic heterocycles. The van der Waals surface area contributed by atoms with Crippen LogP contribution >= 0.6 is 24.0 Å². The third kappa shape index (κ3) is 7.32. The van der Waals surface area contributed by atoms with Gasteiger partial charge in [0, 0.05) is 37.8 Å². The number of benzene rings is 1. The van der Waals surface area contributed by atoms with Crippen molar-refractivity contribution < 1.29 is 0 Å². The SMILES string of the molecule is CCNC(=NCC(c1ccccc1)C(C)C)NC(C)Cc1c(C)nn(C)c1C.I. The van der Waals surface area contributed by atoms with E-state index in [4.69, 9.17) is 4.99 Å². The second-order valence-electron chi connectivity index (χ2n) is 8.00. The molecule has 0 aliphatic rings. The van der Waals surface area contributed by atoms with Crippen molar-refractivity contribution in [1.29, 1.82) is 0 Å². The Hall–Kier alpha value is -1.57. The van der Waals surface area contributed by atoms with Crippen LogP contribution in [0.3, 0.4) is 0 Å². The fourth-order valence-electron chi connectivity index (χ4n) is 3.61. The molecule has 0 aliphatic carbocycles. The number of guanidine groups is 1. The smallest absolute Gasteiger partial charge is 0.191 e. The predicted molar refractivity (Wildman–Crippen MR) is 134 cm³/mol. The number of aliphatic imine (C=N–C) groups is 1. The molecule has 2 N–H and O–H groups in total. The first-order valence-electron chi connectivity index (χ1n) is 10.4. The Labute approximate surface area is 193 Å². The molecule has 1 heterocycles. The molecule has 0 fully saturated rings. The summed E-state index contributed by atoms with van der Waals surface area (Å²) in [6, 6.07) is 11.0. The van der Waals surface area contributed by atoms with Crippen LogP contribution in [0.25, 0.3) is 0 Å². The molecule has 0 saturated carbocycles. The molecule has 0 radical (unpaired) electrons. The fraction of sp³-hybridized carbons (Fsp3) is 0.565. The van der Waals surface area contributed by atoms with Gasteiger partial charge in [0.1, 0.15) is 0 Å². The van der Waals surface area contributed by atoms with Crippen LogP contribution in [0.5, 0.6) is 0 Å². The Balaban J connectivity index is 0.00000420. The largest absolute Gasteiger partial charge is 0.357 e. The molecule has 0 aliphatic heterocycles. The molecule has 1 aromatic carbocycles. The molecule has 2 aromatic rings. The molecule has 29 heavy (non-hydrogen) atoms. The summed E-state index contributed by atoms with van der Waals surface area (Å²) < 4.78 is 1.96. The molecule has 0 saturated heterocycles. The van der Waals surface area contributed by atoms with E-state index in [-0.39, 0.29) is 30.0 Å². The molecule has 2 atom stereocenters. The first-order chi connectivity index (χ1) is 13.3. The number of nitrogens with one attached hydrogen (secondary N) is 2. The van der Waals surface area contributed by atoms with Gasteiger partial charge in [-0.05, 0) is 51.2 Å². The van der Waals surface area contributed by atoms with Crippen LogP contribution in [0.15, 0.2) is 35.3 Å². The summed E-state index contributed by atoms with van der Waals surface area (Å²) >= 11 is 0. The molecule has 0 bridgehead atoms. The second-order valence-corrected chi connectivity index (χ2v) is 8.00. The number of aryl methyl sites for hydroxylation is 2. The van der Waals surface area contributed by atoms with Crippen LogP contribution in [0.4, 0.5) is 0 Å².